The molecule has 2 heteroatoms. The molecule has 1 aromatic rings. The molecule has 1 rings (SSSR count). The molecule has 0 aliphatic heterocycles. The van der Waals surface area contributed by atoms with Crippen molar-refractivity contribution in [3.63, 3.8) is 0 Å². The fourth-order valence-corrected chi connectivity index (χ4v) is 0.860. The first-order valence-electron chi connectivity index (χ1n) is 4.49. The molecule has 0 saturated heterocycles. The second-order valence-corrected chi connectivity index (χ2v) is 2.22. The van der Waals surface area contributed by atoms with E-state index in [1.165, 1.54) is 0 Å². The predicted octanol–water partition coefficient (Wildman–Crippen LogP) is 2.85. The second-order valence-electron chi connectivity index (χ2n) is 2.22. The zero-order chi connectivity index (χ0) is 9.40. The third-order valence-electron chi connectivity index (χ3n) is 1.28. The van der Waals surface area contributed by atoms with Gasteiger partial charge >= 0.3 is 0 Å². The van der Waals surface area contributed by atoms with Crippen molar-refractivity contribution in [3.8, 4) is 0 Å². The summed E-state index contributed by atoms with van der Waals surface area (Å²) >= 11 is 0. The number of hydrogen-bond acceptors (Lipinski definition) is 2. The molecule has 0 spiro atoms. The van der Waals surface area contributed by atoms with Crippen molar-refractivity contribution >= 4 is 5.69 Å². The summed E-state index contributed by atoms with van der Waals surface area (Å²) in [6.45, 7) is 9.03. The Morgan fingerprint density at radius 2 is 2.08 bits per heavy atom. The smallest absolute Gasteiger partial charge is 0.0393 e. The van der Waals surface area contributed by atoms with Crippen LogP contribution in [-0.4, -0.2) is 11.5 Å². The van der Waals surface area contributed by atoms with E-state index in [2.05, 4.69) is 17.2 Å². The average molecular weight is 166 g/mol. The largest absolute Gasteiger partial charge is 0.385 e. The van der Waals surface area contributed by atoms with E-state index in [1.54, 1.807) is 0 Å². The Bertz CT molecular complexity index is 209. The van der Waals surface area contributed by atoms with E-state index < -0.39 is 0 Å². The Morgan fingerprint density at radius 3 is 2.58 bits per heavy atom. The molecule has 0 bridgehead atoms. The van der Waals surface area contributed by atoms with E-state index in [1.807, 2.05) is 39.1 Å². The lowest BCUT2D eigenvalue weighted by molar-refractivity contribution is 1.16. The van der Waals surface area contributed by atoms with Crippen molar-refractivity contribution in [1.82, 2.24) is 4.98 Å². The number of rotatable bonds is 2. The molecule has 0 amide bonds. The van der Waals surface area contributed by atoms with Gasteiger partial charge in [0.2, 0.25) is 0 Å². The Kier molecular flexibility index (Phi) is 6.07. The Morgan fingerprint density at radius 1 is 1.42 bits per heavy atom. The first-order chi connectivity index (χ1) is 5.83. The molecule has 12 heavy (non-hydrogen) atoms. The minimum absolute atomic E-state index is 0.962. The van der Waals surface area contributed by atoms with E-state index in [-0.39, 0.29) is 0 Å². The normalized spacial score (nSPS) is 8.33. The predicted molar refractivity (Wildman–Crippen MR) is 54.5 cm³/mol. The summed E-state index contributed by atoms with van der Waals surface area (Å²) in [5.74, 6) is 0. The maximum atomic E-state index is 4.08. The van der Waals surface area contributed by atoms with Crippen LogP contribution in [0.4, 0.5) is 5.69 Å². The summed E-state index contributed by atoms with van der Waals surface area (Å²) < 4.78 is 0. The molecule has 0 aromatic carbocycles. The van der Waals surface area contributed by atoms with Crippen LogP contribution in [0.2, 0.25) is 0 Å². The standard InChI is InChI=1S/C8H12N2.C2H6/c1-3-9-8-4-5-10-7(2)6-8;1-2/h4-6H,3H2,1-2H3,(H,9,10);1-2H3. The molecule has 0 radical (unpaired) electrons. The van der Waals surface area contributed by atoms with Gasteiger partial charge in [0.15, 0.2) is 0 Å². The molecule has 0 aliphatic rings. The zero-order valence-corrected chi connectivity index (χ0v) is 8.39. The second kappa shape index (κ2) is 6.65. The highest BCUT2D eigenvalue weighted by Gasteiger charge is 1.88. The third kappa shape index (κ3) is 3.96. The lowest BCUT2D eigenvalue weighted by atomic mass is 10.3. The molecule has 1 aromatic heterocycles. The highest BCUT2D eigenvalue weighted by atomic mass is 14.9. The quantitative estimate of drug-likeness (QED) is 0.730. The van der Waals surface area contributed by atoms with E-state index in [9.17, 15) is 0 Å². The SMILES string of the molecule is CC.CCNc1ccnc(C)c1. The van der Waals surface area contributed by atoms with Crippen molar-refractivity contribution in [2.75, 3.05) is 11.9 Å². The van der Waals surface area contributed by atoms with Gasteiger partial charge in [-0.2, -0.15) is 0 Å². The Labute approximate surface area is 75.0 Å². The fraction of sp³-hybridized carbons (Fsp3) is 0.500. The van der Waals surface area contributed by atoms with Gasteiger partial charge in [-0.3, -0.25) is 4.98 Å². The molecule has 1 heterocycles. The minimum atomic E-state index is 0.962. The fourth-order valence-electron chi connectivity index (χ4n) is 0.860. The number of anilines is 1. The van der Waals surface area contributed by atoms with Crippen LogP contribution in [0.5, 0.6) is 0 Å². The summed E-state index contributed by atoms with van der Waals surface area (Å²) in [6, 6.07) is 4.00. The van der Waals surface area contributed by atoms with Crippen LogP contribution in [0.3, 0.4) is 0 Å². The van der Waals surface area contributed by atoms with Crippen LogP contribution in [0, 0.1) is 6.92 Å². The van der Waals surface area contributed by atoms with E-state index in [4.69, 9.17) is 0 Å². The van der Waals surface area contributed by atoms with Crippen LogP contribution >= 0.6 is 0 Å². The number of nitrogens with zero attached hydrogens (tertiary/aromatic N) is 1. The van der Waals surface area contributed by atoms with E-state index in [0.29, 0.717) is 0 Å². The lowest BCUT2D eigenvalue weighted by Crippen LogP contribution is -1.96. The summed E-state index contributed by atoms with van der Waals surface area (Å²) in [5, 5.41) is 3.21. The molecule has 0 fully saturated rings. The molecule has 2 nitrogen and oxygen atoms in total. The van der Waals surface area contributed by atoms with Gasteiger partial charge in [-0.25, -0.2) is 0 Å². The van der Waals surface area contributed by atoms with Gasteiger partial charge in [0, 0.05) is 24.1 Å². The van der Waals surface area contributed by atoms with Gasteiger partial charge in [0.05, 0.1) is 0 Å². The lowest BCUT2D eigenvalue weighted by Gasteiger charge is -2.01. The molecular weight excluding hydrogens is 148 g/mol. The molecule has 0 atom stereocenters. The molecule has 0 aliphatic carbocycles. The summed E-state index contributed by atoms with van der Waals surface area (Å²) in [4.78, 5) is 4.08. The van der Waals surface area contributed by atoms with Crippen molar-refractivity contribution in [1.29, 1.82) is 0 Å². The topological polar surface area (TPSA) is 24.9 Å². The number of nitrogens with one attached hydrogen (secondary N) is 1. The van der Waals surface area contributed by atoms with Gasteiger partial charge in [-0.05, 0) is 26.0 Å². The maximum Gasteiger partial charge on any atom is 0.0393 e. The average Bonchev–Trinajstić information content (AvgIpc) is 2.09. The Hall–Kier alpha value is -1.05. The van der Waals surface area contributed by atoms with Crippen LogP contribution in [0.1, 0.15) is 26.5 Å². The van der Waals surface area contributed by atoms with E-state index in [0.717, 1.165) is 17.9 Å². The molecule has 68 valence electrons. The molecular formula is C10H18N2. The third-order valence-corrected chi connectivity index (χ3v) is 1.28. The highest BCUT2D eigenvalue weighted by Crippen LogP contribution is 2.05. The first-order valence-corrected chi connectivity index (χ1v) is 4.49. The Balaban J connectivity index is 0.000000561. The summed E-state index contributed by atoms with van der Waals surface area (Å²) in [5.41, 5.74) is 2.20. The molecule has 0 unspecified atom stereocenters. The van der Waals surface area contributed by atoms with Crippen LogP contribution in [0.15, 0.2) is 18.3 Å². The van der Waals surface area contributed by atoms with Crippen LogP contribution in [0.25, 0.3) is 0 Å². The van der Waals surface area contributed by atoms with Gasteiger partial charge < -0.3 is 5.32 Å². The summed E-state index contributed by atoms with van der Waals surface area (Å²) in [7, 11) is 0. The molecule has 0 saturated carbocycles. The maximum absolute atomic E-state index is 4.08. The summed E-state index contributed by atoms with van der Waals surface area (Å²) in [6.07, 6.45) is 1.81. The van der Waals surface area contributed by atoms with Gasteiger partial charge in [0.25, 0.3) is 0 Å². The van der Waals surface area contributed by atoms with Gasteiger partial charge in [-0.15, -0.1) is 0 Å². The number of aryl methyl sites for hydroxylation is 1. The van der Waals surface area contributed by atoms with Crippen LogP contribution in [-0.2, 0) is 0 Å². The van der Waals surface area contributed by atoms with Crippen molar-refractivity contribution < 1.29 is 0 Å². The zero-order valence-electron chi connectivity index (χ0n) is 8.39. The van der Waals surface area contributed by atoms with Gasteiger partial charge in [-0.1, -0.05) is 13.8 Å². The highest BCUT2D eigenvalue weighted by molar-refractivity contribution is 5.42. The minimum Gasteiger partial charge on any atom is -0.385 e. The molecule has 1 N–H and O–H groups in total. The number of aromatic nitrogens is 1. The monoisotopic (exact) mass is 166 g/mol. The van der Waals surface area contributed by atoms with Crippen molar-refractivity contribution in [2.24, 2.45) is 0 Å². The number of hydrogen-bond donors (Lipinski definition) is 1. The van der Waals surface area contributed by atoms with E-state index >= 15 is 0 Å². The van der Waals surface area contributed by atoms with Crippen molar-refractivity contribution in [3.05, 3.63) is 24.0 Å². The van der Waals surface area contributed by atoms with Gasteiger partial charge in [0.1, 0.15) is 0 Å². The first kappa shape index (κ1) is 11.0. The number of pyridine rings is 1. The van der Waals surface area contributed by atoms with Crippen LogP contribution < -0.4 is 5.32 Å². The van der Waals surface area contributed by atoms with Crippen molar-refractivity contribution in [2.45, 2.75) is 27.7 Å².